The number of anilines is 2. The Labute approximate surface area is 181 Å². The minimum Gasteiger partial charge on any atom is -0.378 e. The highest BCUT2D eigenvalue weighted by Crippen LogP contribution is 2.19. The number of halogens is 1. The highest BCUT2D eigenvalue weighted by Gasteiger charge is 2.13. The first-order valence-corrected chi connectivity index (χ1v) is 10.4. The molecule has 0 fully saturated rings. The number of benzene rings is 2. The lowest BCUT2D eigenvalue weighted by Crippen LogP contribution is -2.14. The van der Waals surface area contributed by atoms with Crippen LogP contribution < -0.4 is 16.2 Å². The molecule has 29 heavy (non-hydrogen) atoms. The number of nitrogens with zero attached hydrogens (tertiary/aromatic N) is 5. The van der Waals surface area contributed by atoms with E-state index in [1.165, 1.54) is 16.4 Å². The van der Waals surface area contributed by atoms with Gasteiger partial charge in [-0.3, -0.25) is 4.79 Å². The number of thioether (sulfide) groups is 1. The predicted octanol–water partition coefficient (Wildman–Crippen LogP) is 3.24. The highest BCUT2D eigenvalue weighted by atomic mass is 79.9. The molecule has 0 atom stereocenters. The van der Waals surface area contributed by atoms with Crippen LogP contribution in [0.15, 0.2) is 63.3 Å². The zero-order valence-corrected chi connectivity index (χ0v) is 18.3. The number of hydrazone groups is 1. The van der Waals surface area contributed by atoms with Crippen LogP contribution in [0, 0.1) is 0 Å². The van der Waals surface area contributed by atoms with E-state index >= 15 is 0 Å². The molecular weight excluding hydrogens is 454 g/mol. The Hall–Kier alpha value is -2.85. The van der Waals surface area contributed by atoms with Crippen molar-refractivity contribution in [2.45, 2.75) is 5.16 Å². The summed E-state index contributed by atoms with van der Waals surface area (Å²) in [5.74, 6) is 6.47. The second kappa shape index (κ2) is 9.57. The number of carbonyl (C=O) groups excluding carboxylic acids is 1. The van der Waals surface area contributed by atoms with Crippen molar-refractivity contribution in [1.82, 2.24) is 14.9 Å². The molecule has 3 N–H and O–H groups in total. The largest absolute Gasteiger partial charge is 0.378 e. The first-order valence-electron chi connectivity index (χ1n) is 8.62. The summed E-state index contributed by atoms with van der Waals surface area (Å²) in [5.41, 5.74) is 5.44. The molecular formula is C19H20BrN7OS. The molecule has 150 valence electrons. The number of nitrogen functional groups attached to an aromatic ring is 1. The van der Waals surface area contributed by atoms with Crippen molar-refractivity contribution in [2.24, 2.45) is 5.10 Å². The van der Waals surface area contributed by atoms with Gasteiger partial charge in [0.1, 0.15) is 0 Å². The summed E-state index contributed by atoms with van der Waals surface area (Å²) < 4.78 is 2.19. The third kappa shape index (κ3) is 5.58. The van der Waals surface area contributed by atoms with Crippen LogP contribution in [0.1, 0.15) is 15.9 Å². The van der Waals surface area contributed by atoms with Gasteiger partial charge in [-0.05, 0) is 29.8 Å². The van der Waals surface area contributed by atoms with E-state index in [-0.39, 0.29) is 17.5 Å². The van der Waals surface area contributed by atoms with Gasteiger partial charge in [-0.2, -0.15) is 5.10 Å². The maximum atomic E-state index is 12.3. The lowest BCUT2D eigenvalue weighted by atomic mass is 10.2. The molecule has 3 rings (SSSR count). The van der Waals surface area contributed by atoms with Crippen LogP contribution in [0.25, 0.3) is 0 Å². The number of nitrogens with two attached hydrogens (primary N) is 1. The van der Waals surface area contributed by atoms with Crippen molar-refractivity contribution >= 4 is 51.3 Å². The smallest absolute Gasteiger partial charge is 0.264 e. The van der Waals surface area contributed by atoms with Crippen LogP contribution in [0.5, 0.6) is 0 Å². The van der Waals surface area contributed by atoms with Gasteiger partial charge >= 0.3 is 0 Å². The molecule has 1 heterocycles. The van der Waals surface area contributed by atoms with Gasteiger partial charge in [0.15, 0.2) is 5.78 Å². The average molecular weight is 474 g/mol. The van der Waals surface area contributed by atoms with Gasteiger partial charge in [0.05, 0.1) is 12.0 Å². The van der Waals surface area contributed by atoms with Crippen molar-refractivity contribution in [3.63, 3.8) is 0 Å². The first-order chi connectivity index (χ1) is 13.9. The van der Waals surface area contributed by atoms with E-state index in [1.807, 2.05) is 55.4 Å². The van der Waals surface area contributed by atoms with E-state index in [9.17, 15) is 4.79 Å². The van der Waals surface area contributed by atoms with Crippen LogP contribution >= 0.6 is 27.7 Å². The number of nitrogens with one attached hydrogen (secondary N) is 1. The highest BCUT2D eigenvalue weighted by molar-refractivity contribution is 9.10. The maximum absolute atomic E-state index is 12.3. The molecule has 0 amide bonds. The Kier molecular flexibility index (Phi) is 6.89. The van der Waals surface area contributed by atoms with Crippen molar-refractivity contribution in [1.29, 1.82) is 0 Å². The molecule has 8 nitrogen and oxygen atoms in total. The number of hydrogen-bond donors (Lipinski definition) is 2. The Morgan fingerprint density at radius 3 is 2.55 bits per heavy atom. The molecule has 0 aliphatic rings. The van der Waals surface area contributed by atoms with Gasteiger partial charge in [-0.25, -0.2) is 10.1 Å². The Morgan fingerprint density at radius 2 is 1.90 bits per heavy atom. The first kappa shape index (κ1) is 20.9. The standard InChI is InChI=1S/C19H20BrN7OS/c1-26(2)16-9-3-13(4-10-16)11-22-23-18-24-25-19(27(18)21)29-12-17(28)14-5-7-15(20)8-6-14/h3-11H,12,21H2,1-2H3,(H,23,24)/b22-11+. The molecule has 0 saturated carbocycles. The fraction of sp³-hybridized carbons (Fsp3) is 0.158. The lowest BCUT2D eigenvalue weighted by molar-refractivity contribution is 0.102. The maximum Gasteiger partial charge on any atom is 0.264 e. The molecule has 0 radical (unpaired) electrons. The van der Waals surface area contributed by atoms with E-state index in [0.717, 1.165) is 15.7 Å². The number of carbonyl (C=O) groups is 1. The minimum atomic E-state index is -0.0146. The Balaban J connectivity index is 1.56. The number of rotatable bonds is 8. The third-order valence-electron chi connectivity index (χ3n) is 3.95. The number of aromatic nitrogens is 3. The monoisotopic (exact) mass is 473 g/mol. The van der Waals surface area contributed by atoms with Gasteiger partial charge in [0, 0.05) is 29.8 Å². The fourth-order valence-electron chi connectivity index (χ4n) is 2.32. The third-order valence-corrected chi connectivity index (χ3v) is 5.42. The Morgan fingerprint density at radius 1 is 1.21 bits per heavy atom. The second-order valence-electron chi connectivity index (χ2n) is 6.25. The summed E-state index contributed by atoms with van der Waals surface area (Å²) >= 11 is 4.57. The van der Waals surface area contributed by atoms with Crippen molar-refractivity contribution < 1.29 is 4.79 Å². The molecule has 0 spiro atoms. The molecule has 0 aliphatic heterocycles. The van der Waals surface area contributed by atoms with E-state index < -0.39 is 0 Å². The average Bonchev–Trinajstić information content (AvgIpc) is 3.07. The van der Waals surface area contributed by atoms with Gasteiger partial charge < -0.3 is 10.7 Å². The fourth-order valence-corrected chi connectivity index (χ4v) is 3.34. The van der Waals surface area contributed by atoms with Crippen molar-refractivity contribution in [3.8, 4) is 0 Å². The van der Waals surface area contributed by atoms with E-state index in [0.29, 0.717) is 10.7 Å². The SMILES string of the molecule is CN(C)c1ccc(/C=N/Nc2nnc(SCC(=O)c3ccc(Br)cc3)n2N)cc1. The number of hydrogen-bond acceptors (Lipinski definition) is 8. The summed E-state index contributed by atoms with van der Waals surface area (Å²) in [4.78, 5) is 14.3. The summed E-state index contributed by atoms with van der Waals surface area (Å²) in [6.45, 7) is 0. The van der Waals surface area contributed by atoms with Gasteiger partial charge in [-0.1, -0.05) is 52.0 Å². The zero-order chi connectivity index (χ0) is 20.8. The number of ketones is 1. The Bertz CT molecular complexity index is 1000. The zero-order valence-electron chi connectivity index (χ0n) is 15.9. The van der Waals surface area contributed by atoms with Crippen LogP contribution in [0.3, 0.4) is 0 Å². The van der Waals surface area contributed by atoms with E-state index in [4.69, 9.17) is 5.84 Å². The van der Waals surface area contributed by atoms with E-state index in [2.05, 4.69) is 36.7 Å². The van der Waals surface area contributed by atoms with E-state index in [1.54, 1.807) is 18.3 Å². The van der Waals surface area contributed by atoms with Crippen LogP contribution in [-0.4, -0.2) is 46.7 Å². The molecule has 0 bridgehead atoms. The van der Waals surface area contributed by atoms with Gasteiger partial charge in [0.25, 0.3) is 5.95 Å². The second-order valence-corrected chi connectivity index (χ2v) is 8.11. The molecule has 0 saturated heterocycles. The molecule has 3 aromatic rings. The molecule has 1 aromatic heterocycles. The molecule has 0 aliphatic carbocycles. The van der Waals surface area contributed by atoms with Gasteiger partial charge in [-0.15, -0.1) is 10.2 Å². The summed E-state index contributed by atoms with van der Waals surface area (Å²) in [6.07, 6.45) is 1.66. The molecule has 0 unspecified atom stereocenters. The quantitative estimate of drug-likeness (QED) is 0.170. The van der Waals surface area contributed by atoms with Crippen LogP contribution in [0.4, 0.5) is 11.6 Å². The predicted molar refractivity (Wildman–Crippen MR) is 121 cm³/mol. The molecule has 2 aromatic carbocycles. The summed E-state index contributed by atoms with van der Waals surface area (Å²) in [5, 5.41) is 12.5. The van der Waals surface area contributed by atoms with Crippen LogP contribution in [-0.2, 0) is 0 Å². The summed E-state index contributed by atoms with van der Waals surface area (Å²) in [6, 6.07) is 15.1. The van der Waals surface area contributed by atoms with Gasteiger partial charge in [0.2, 0.25) is 5.16 Å². The van der Waals surface area contributed by atoms with Crippen molar-refractivity contribution in [3.05, 3.63) is 64.1 Å². The topological polar surface area (TPSA) is 101 Å². The molecule has 10 heteroatoms. The summed E-state index contributed by atoms with van der Waals surface area (Å²) in [7, 11) is 3.97. The number of Topliss-reactive ketones (excluding diaryl/α,β-unsaturated/α-hetero) is 1. The van der Waals surface area contributed by atoms with Crippen LogP contribution in [0.2, 0.25) is 0 Å². The minimum absolute atomic E-state index is 0.0146. The normalized spacial score (nSPS) is 11.0. The van der Waals surface area contributed by atoms with Crippen molar-refractivity contribution in [2.75, 3.05) is 36.0 Å². The lowest BCUT2D eigenvalue weighted by Gasteiger charge is -2.11.